The molecule has 1 aromatic rings. The highest BCUT2D eigenvalue weighted by molar-refractivity contribution is 7.81. The summed E-state index contributed by atoms with van der Waals surface area (Å²) in [5, 5.41) is 2.77. The molecule has 88 valence electrons. The Morgan fingerprint density at radius 3 is 2.69 bits per heavy atom. The Kier molecular flexibility index (Phi) is 4.68. The van der Waals surface area contributed by atoms with Crippen molar-refractivity contribution in [2.75, 3.05) is 18.2 Å². The number of methoxy groups -OCH3 is 1. The van der Waals surface area contributed by atoms with E-state index in [-0.39, 0.29) is 11.7 Å². The van der Waals surface area contributed by atoms with E-state index in [4.69, 9.17) is 4.74 Å². The van der Waals surface area contributed by atoms with Gasteiger partial charge >= 0.3 is 0 Å². The van der Waals surface area contributed by atoms with Gasteiger partial charge in [0.2, 0.25) is 5.91 Å². The lowest BCUT2D eigenvalue weighted by Crippen LogP contribution is -2.12. The Morgan fingerprint density at radius 1 is 1.50 bits per heavy atom. The number of carbonyl (C=O) groups excluding carboxylic acids is 1. The van der Waals surface area contributed by atoms with Crippen LogP contribution in [0.5, 0.6) is 5.75 Å². The van der Waals surface area contributed by atoms with Crippen LogP contribution >= 0.6 is 12.6 Å². The second kappa shape index (κ2) is 5.80. The molecule has 0 unspecified atom stereocenters. The molecule has 0 saturated carbocycles. The third kappa shape index (κ3) is 3.17. The molecule has 0 aliphatic rings. The predicted octanol–water partition coefficient (Wildman–Crippen LogP) is 2.69. The van der Waals surface area contributed by atoms with Gasteiger partial charge < -0.3 is 10.1 Å². The number of benzene rings is 1. The fourth-order valence-corrected chi connectivity index (χ4v) is 1.54. The Morgan fingerprint density at radius 2 is 2.19 bits per heavy atom. The number of amides is 1. The van der Waals surface area contributed by atoms with E-state index in [0.717, 1.165) is 17.0 Å². The number of nitrogens with one attached hydrogen (secondary N) is 1. The topological polar surface area (TPSA) is 38.3 Å². The highest BCUT2D eigenvalue weighted by atomic mass is 32.1. The Balaban J connectivity index is 2.97. The summed E-state index contributed by atoms with van der Waals surface area (Å²) in [4.78, 5) is 11.2. The maximum Gasteiger partial charge on any atom is 0.234 e. The van der Waals surface area contributed by atoms with E-state index in [1.165, 1.54) is 0 Å². The number of rotatable bonds is 4. The number of carbonyl (C=O) groups is 1. The summed E-state index contributed by atoms with van der Waals surface area (Å²) in [6, 6.07) is 5.63. The molecule has 0 heterocycles. The van der Waals surface area contributed by atoms with Crippen LogP contribution in [0.2, 0.25) is 0 Å². The van der Waals surface area contributed by atoms with Gasteiger partial charge in [0.1, 0.15) is 5.75 Å². The van der Waals surface area contributed by atoms with Crippen molar-refractivity contribution >= 4 is 24.2 Å². The van der Waals surface area contributed by atoms with E-state index in [1.807, 2.05) is 18.2 Å². The zero-order valence-electron chi connectivity index (χ0n) is 9.78. The zero-order chi connectivity index (χ0) is 12.1. The molecule has 1 rings (SSSR count). The first kappa shape index (κ1) is 12.9. The fraction of sp³-hybridized carbons (Fsp3) is 0.417. The minimum atomic E-state index is -0.108. The van der Waals surface area contributed by atoms with Crippen molar-refractivity contribution < 1.29 is 9.53 Å². The van der Waals surface area contributed by atoms with Gasteiger partial charge in [0.05, 0.1) is 12.9 Å². The summed E-state index contributed by atoms with van der Waals surface area (Å²) < 4.78 is 5.27. The van der Waals surface area contributed by atoms with Crippen LogP contribution < -0.4 is 10.1 Å². The number of hydrogen-bond donors (Lipinski definition) is 2. The van der Waals surface area contributed by atoms with Gasteiger partial charge in [-0.3, -0.25) is 4.79 Å². The van der Waals surface area contributed by atoms with Gasteiger partial charge in [-0.1, -0.05) is 13.8 Å². The third-order valence-corrected chi connectivity index (χ3v) is 2.57. The van der Waals surface area contributed by atoms with E-state index in [2.05, 4.69) is 31.8 Å². The summed E-state index contributed by atoms with van der Waals surface area (Å²) in [5.74, 6) is 1.27. The van der Waals surface area contributed by atoms with E-state index in [1.54, 1.807) is 7.11 Å². The monoisotopic (exact) mass is 239 g/mol. The van der Waals surface area contributed by atoms with Crippen LogP contribution in [0, 0.1) is 0 Å². The number of thiol groups is 1. The molecule has 0 fully saturated rings. The lowest BCUT2D eigenvalue weighted by molar-refractivity contribution is -0.113. The minimum absolute atomic E-state index is 0.108. The third-order valence-electron chi connectivity index (χ3n) is 2.28. The molecule has 0 aliphatic carbocycles. The van der Waals surface area contributed by atoms with Crippen LogP contribution in [0.25, 0.3) is 0 Å². The molecular formula is C12H17NO2S. The van der Waals surface area contributed by atoms with E-state index >= 15 is 0 Å². The highest BCUT2D eigenvalue weighted by Crippen LogP contribution is 2.29. The maximum atomic E-state index is 11.2. The molecule has 1 aromatic carbocycles. The van der Waals surface area contributed by atoms with Crippen LogP contribution in [-0.4, -0.2) is 18.8 Å². The molecule has 0 bridgehead atoms. The maximum absolute atomic E-state index is 11.2. The average molecular weight is 239 g/mol. The Labute approximate surface area is 102 Å². The van der Waals surface area contributed by atoms with Crippen molar-refractivity contribution in [1.29, 1.82) is 0 Å². The largest absolute Gasteiger partial charge is 0.496 e. The average Bonchev–Trinajstić information content (AvgIpc) is 2.28. The molecule has 0 atom stereocenters. The zero-order valence-corrected chi connectivity index (χ0v) is 10.7. The standard InChI is InChI=1S/C12H17NO2S/c1-8(2)10-6-9(13-12(14)7-16)4-5-11(10)15-3/h4-6,8,16H,7H2,1-3H3,(H,13,14). The van der Waals surface area contributed by atoms with Crippen LogP contribution in [0.3, 0.4) is 0 Å². The molecule has 0 saturated heterocycles. The minimum Gasteiger partial charge on any atom is -0.496 e. The SMILES string of the molecule is COc1ccc(NC(=O)CS)cc1C(C)C. The van der Waals surface area contributed by atoms with Crippen molar-refractivity contribution in [3.63, 3.8) is 0 Å². The molecular weight excluding hydrogens is 222 g/mol. The summed E-state index contributed by atoms with van der Waals surface area (Å²) in [6.07, 6.45) is 0. The van der Waals surface area contributed by atoms with Gasteiger partial charge in [-0.2, -0.15) is 12.6 Å². The summed E-state index contributed by atoms with van der Waals surface area (Å²) in [6.45, 7) is 4.17. The summed E-state index contributed by atoms with van der Waals surface area (Å²) >= 11 is 3.91. The molecule has 3 nitrogen and oxygen atoms in total. The predicted molar refractivity (Wildman–Crippen MR) is 69.6 cm³/mol. The van der Waals surface area contributed by atoms with Gasteiger partial charge in [-0.25, -0.2) is 0 Å². The summed E-state index contributed by atoms with van der Waals surface area (Å²) in [7, 11) is 1.65. The first-order valence-electron chi connectivity index (χ1n) is 5.17. The lowest BCUT2D eigenvalue weighted by Gasteiger charge is -2.13. The molecule has 0 radical (unpaired) electrons. The molecule has 16 heavy (non-hydrogen) atoms. The fourth-order valence-electron chi connectivity index (χ4n) is 1.46. The van der Waals surface area contributed by atoms with Crippen LogP contribution in [-0.2, 0) is 4.79 Å². The molecule has 1 N–H and O–H groups in total. The van der Waals surface area contributed by atoms with Crippen LogP contribution in [0.1, 0.15) is 25.3 Å². The van der Waals surface area contributed by atoms with E-state index in [9.17, 15) is 4.79 Å². The molecule has 1 amide bonds. The summed E-state index contributed by atoms with van der Waals surface area (Å²) in [5.41, 5.74) is 1.86. The van der Waals surface area contributed by atoms with Crippen molar-refractivity contribution in [1.82, 2.24) is 0 Å². The molecule has 4 heteroatoms. The number of hydrogen-bond acceptors (Lipinski definition) is 3. The molecule has 0 spiro atoms. The number of anilines is 1. The first-order valence-corrected chi connectivity index (χ1v) is 5.80. The van der Waals surface area contributed by atoms with E-state index < -0.39 is 0 Å². The lowest BCUT2D eigenvalue weighted by atomic mass is 10.0. The van der Waals surface area contributed by atoms with Crippen LogP contribution in [0.15, 0.2) is 18.2 Å². The van der Waals surface area contributed by atoms with Crippen molar-refractivity contribution in [2.24, 2.45) is 0 Å². The van der Waals surface area contributed by atoms with Gasteiger partial charge in [0.25, 0.3) is 0 Å². The van der Waals surface area contributed by atoms with Gasteiger partial charge in [-0.05, 0) is 29.7 Å². The van der Waals surface area contributed by atoms with Gasteiger partial charge in [-0.15, -0.1) is 0 Å². The number of ether oxygens (including phenoxy) is 1. The van der Waals surface area contributed by atoms with Crippen molar-refractivity contribution in [3.8, 4) is 5.75 Å². The normalized spacial score (nSPS) is 10.3. The molecule has 0 aliphatic heterocycles. The van der Waals surface area contributed by atoms with E-state index in [0.29, 0.717) is 5.92 Å². The van der Waals surface area contributed by atoms with Gasteiger partial charge in [0.15, 0.2) is 0 Å². The van der Waals surface area contributed by atoms with Crippen molar-refractivity contribution in [2.45, 2.75) is 19.8 Å². The first-order chi connectivity index (χ1) is 7.58. The Hall–Kier alpha value is -1.16. The van der Waals surface area contributed by atoms with Gasteiger partial charge in [0, 0.05) is 5.69 Å². The Bertz CT molecular complexity index is 377. The second-order valence-corrected chi connectivity index (χ2v) is 4.13. The smallest absolute Gasteiger partial charge is 0.234 e. The van der Waals surface area contributed by atoms with Crippen molar-refractivity contribution in [3.05, 3.63) is 23.8 Å². The second-order valence-electron chi connectivity index (χ2n) is 3.82. The quantitative estimate of drug-likeness (QED) is 0.793. The highest BCUT2D eigenvalue weighted by Gasteiger charge is 2.09. The van der Waals surface area contributed by atoms with Crippen LogP contribution in [0.4, 0.5) is 5.69 Å². The molecule has 0 aromatic heterocycles.